The highest BCUT2D eigenvalue weighted by Crippen LogP contribution is 1.99. The Hall–Kier alpha value is -0.610. The Morgan fingerprint density at radius 2 is 2.50 bits per heavy atom. The minimum absolute atomic E-state index is 0.0553. The fourth-order valence-corrected chi connectivity index (χ4v) is 1.01. The molecule has 0 aromatic carbocycles. The van der Waals surface area contributed by atoms with Gasteiger partial charge in [0.05, 0.1) is 6.61 Å². The Morgan fingerprint density at radius 3 is 3.10 bits per heavy atom. The molecule has 1 saturated heterocycles. The van der Waals surface area contributed by atoms with Crippen LogP contribution in [0.1, 0.15) is 12.8 Å². The Balaban J connectivity index is 2.25. The smallest absolute Gasteiger partial charge is 0.234 e. The van der Waals surface area contributed by atoms with Crippen molar-refractivity contribution in [1.29, 1.82) is 0 Å². The van der Waals surface area contributed by atoms with E-state index in [1.54, 1.807) is 5.01 Å². The number of hydrogen-bond acceptors (Lipinski definition) is 3. The number of hydrogen-bond donors (Lipinski definition) is 2. The molecule has 58 valence electrons. The Labute approximate surface area is 59.8 Å². The van der Waals surface area contributed by atoms with Gasteiger partial charge in [-0.25, -0.2) is 5.01 Å². The third-order valence-corrected chi connectivity index (χ3v) is 1.48. The summed E-state index contributed by atoms with van der Waals surface area (Å²) < 4.78 is 0. The fourth-order valence-electron chi connectivity index (χ4n) is 1.01. The summed E-state index contributed by atoms with van der Waals surface area (Å²) in [5, 5.41) is 10.3. The van der Waals surface area contributed by atoms with Crippen LogP contribution in [0.5, 0.6) is 0 Å². The summed E-state index contributed by atoms with van der Waals surface area (Å²) in [5.74, 6) is 0.0553. The summed E-state index contributed by atoms with van der Waals surface area (Å²) in [4.78, 5) is 10.7. The molecule has 1 rings (SSSR count). The normalized spacial score (nSPS) is 20.7. The van der Waals surface area contributed by atoms with E-state index >= 15 is 0 Å². The van der Waals surface area contributed by atoms with Gasteiger partial charge in [-0.2, -0.15) is 0 Å². The van der Waals surface area contributed by atoms with E-state index in [9.17, 15) is 4.79 Å². The van der Waals surface area contributed by atoms with Crippen molar-refractivity contribution in [3.63, 3.8) is 0 Å². The van der Waals surface area contributed by atoms with E-state index in [1.807, 2.05) is 0 Å². The second-order valence-electron chi connectivity index (χ2n) is 2.35. The van der Waals surface area contributed by atoms with E-state index in [-0.39, 0.29) is 12.5 Å². The van der Waals surface area contributed by atoms with Crippen LogP contribution in [0.4, 0.5) is 0 Å². The molecular weight excluding hydrogens is 132 g/mol. The molecule has 1 aliphatic rings. The highest BCUT2D eigenvalue weighted by molar-refractivity contribution is 5.75. The average Bonchev–Trinajstić information content (AvgIpc) is 1.88. The van der Waals surface area contributed by atoms with Gasteiger partial charge < -0.3 is 5.11 Å². The van der Waals surface area contributed by atoms with Crippen molar-refractivity contribution >= 4 is 5.91 Å². The third-order valence-electron chi connectivity index (χ3n) is 1.48. The average molecular weight is 144 g/mol. The number of aliphatic hydroxyl groups excluding tert-OH is 1. The van der Waals surface area contributed by atoms with E-state index in [2.05, 4.69) is 5.43 Å². The first kappa shape index (κ1) is 7.50. The van der Waals surface area contributed by atoms with Crippen LogP contribution < -0.4 is 5.43 Å². The van der Waals surface area contributed by atoms with E-state index in [0.29, 0.717) is 13.0 Å². The van der Waals surface area contributed by atoms with Gasteiger partial charge in [0.15, 0.2) is 0 Å². The van der Waals surface area contributed by atoms with Gasteiger partial charge in [0.25, 0.3) is 0 Å². The summed E-state index contributed by atoms with van der Waals surface area (Å²) in [5.41, 5.74) is 2.65. The summed E-state index contributed by atoms with van der Waals surface area (Å²) in [6, 6.07) is 0. The van der Waals surface area contributed by atoms with Gasteiger partial charge >= 0.3 is 0 Å². The van der Waals surface area contributed by atoms with Crippen molar-refractivity contribution in [2.45, 2.75) is 12.8 Å². The lowest BCUT2D eigenvalue weighted by molar-refractivity contribution is -0.128. The molecule has 1 amide bonds. The molecule has 0 aromatic heterocycles. The molecule has 4 nitrogen and oxygen atoms in total. The van der Waals surface area contributed by atoms with Gasteiger partial charge in [-0.3, -0.25) is 10.2 Å². The van der Waals surface area contributed by atoms with Gasteiger partial charge in [0.1, 0.15) is 0 Å². The zero-order chi connectivity index (χ0) is 7.40. The minimum atomic E-state index is 0.0553. The third kappa shape index (κ3) is 1.97. The van der Waals surface area contributed by atoms with E-state index in [0.717, 1.165) is 13.0 Å². The van der Waals surface area contributed by atoms with Crippen molar-refractivity contribution in [2.75, 3.05) is 19.7 Å². The Morgan fingerprint density at radius 1 is 1.70 bits per heavy atom. The van der Waals surface area contributed by atoms with Gasteiger partial charge in [-0.15, -0.1) is 0 Å². The molecule has 1 aliphatic heterocycles. The number of carbonyl (C=O) groups excluding carboxylic acids is 1. The number of amides is 1. The van der Waals surface area contributed by atoms with E-state index in [1.165, 1.54) is 0 Å². The molecule has 0 radical (unpaired) electrons. The maximum absolute atomic E-state index is 10.7. The maximum Gasteiger partial charge on any atom is 0.234 e. The minimum Gasteiger partial charge on any atom is -0.395 e. The van der Waals surface area contributed by atoms with E-state index in [4.69, 9.17) is 5.11 Å². The van der Waals surface area contributed by atoms with Crippen LogP contribution in [0.25, 0.3) is 0 Å². The van der Waals surface area contributed by atoms with Crippen LogP contribution in [-0.4, -0.2) is 35.7 Å². The summed E-state index contributed by atoms with van der Waals surface area (Å²) in [6.45, 7) is 1.48. The van der Waals surface area contributed by atoms with Crippen LogP contribution in [-0.2, 0) is 4.79 Å². The van der Waals surface area contributed by atoms with Crippen LogP contribution >= 0.6 is 0 Å². The number of nitrogens with zero attached hydrogens (tertiary/aromatic N) is 1. The molecule has 2 N–H and O–H groups in total. The number of carbonyl (C=O) groups is 1. The fraction of sp³-hybridized carbons (Fsp3) is 0.833. The van der Waals surface area contributed by atoms with Gasteiger partial charge in [0.2, 0.25) is 5.91 Å². The number of hydrazine groups is 1. The van der Waals surface area contributed by atoms with Gasteiger partial charge in [-0.05, 0) is 6.42 Å². The molecule has 0 saturated carbocycles. The number of nitrogens with one attached hydrogen (secondary N) is 1. The zero-order valence-corrected chi connectivity index (χ0v) is 5.84. The molecular formula is C6H12N2O2. The molecule has 0 bridgehead atoms. The Kier molecular flexibility index (Phi) is 2.65. The second kappa shape index (κ2) is 3.53. The SMILES string of the molecule is O=C1CCCN(CCO)N1. The standard InChI is InChI=1S/C6H12N2O2/c9-5-4-8-3-1-2-6(10)7-8/h9H,1-5H2,(H,7,10). The van der Waals surface area contributed by atoms with Crippen LogP contribution in [0.2, 0.25) is 0 Å². The zero-order valence-electron chi connectivity index (χ0n) is 5.84. The molecule has 10 heavy (non-hydrogen) atoms. The van der Waals surface area contributed by atoms with Gasteiger partial charge in [0, 0.05) is 19.5 Å². The lowest BCUT2D eigenvalue weighted by atomic mass is 10.2. The van der Waals surface area contributed by atoms with Crippen molar-refractivity contribution < 1.29 is 9.90 Å². The highest BCUT2D eigenvalue weighted by atomic mass is 16.3. The molecule has 1 heterocycles. The number of β-amino-alcohol motifs (C(OH)–C–C–N with tert-alkyl or cyclic N) is 1. The topological polar surface area (TPSA) is 52.6 Å². The molecule has 0 unspecified atom stereocenters. The molecule has 0 atom stereocenters. The lowest BCUT2D eigenvalue weighted by Crippen LogP contribution is -2.47. The van der Waals surface area contributed by atoms with Crippen molar-refractivity contribution in [3.8, 4) is 0 Å². The monoisotopic (exact) mass is 144 g/mol. The predicted octanol–water partition coefficient (Wildman–Crippen LogP) is -0.894. The summed E-state index contributed by atoms with van der Waals surface area (Å²) in [7, 11) is 0. The first-order chi connectivity index (χ1) is 4.83. The van der Waals surface area contributed by atoms with Crippen LogP contribution in [0.15, 0.2) is 0 Å². The molecule has 4 heteroatoms. The molecule has 0 aromatic rings. The van der Waals surface area contributed by atoms with Crippen molar-refractivity contribution in [1.82, 2.24) is 10.4 Å². The maximum atomic E-state index is 10.7. The van der Waals surface area contributed by atoms with Crippen molar-refractivity contribution in [2.24, 2.45) is 0 Å². The van der Waals surface area contributed by atoms with Gasteiger partial charge in [-0.1, -0.05) is 0 Å². The quantitative estimate of drug-likeness (QED) is 0.528. The summed E-state index contributed by atoms with van der Waals surface area (Å²) >= 11 is 0. The Bertz CT molecular complexity index is 125. The lowest BCUT2D eigenvalue weighted by Gasteiger charge is -2.25. The largest absolute Gasteiger partial charge is 0.395 e. The number of aliphatic hydroxyl groups is 1. The second-order valence-corrected chi connectivity index (χ2v) is 2.35. The first-order valence-electron chi connectivity index (χ1n) is 3.48. The summed E-state index contributed by atoms with van der Waals surface area (Å²) in [6.07, 6.45) is 1.51. The predicted molar refractivity (Wildman–Crippen MR) is 36.0 cm³/mol. The molecule has 0 aliphatic carbocycles. The van der Waals surface area contributed by atoms with Crippen LogP contribution in [0.3, 0.4) is 0 Å². The van der Waals surface area contributed by atoms with Crippen LogP contribution in [0, 0.1) is 0 Å². The molecule has 0 spiro atoms. The first-order valence-corrected chi connectivity index (χ1v) is 3.48. The highest BCUT2D eigenvalue weighted by Gasteiger charge is 2.13. The van der Waals surface area contributed by atoms with E-state index < -0.39 is 0 Å². The van der Waals surface area contributed by atoms with Crippen molar-refractivity contribution in [3.05, 3.63) is 0 Å². The molecule has 1 fully saturated rings. The number of rotatable bonds is 2.